The van der Waals surface area contributed by atoms with Gasteiger partial charge in [-0.1, -0.05) is 12.1 Å². The van der Waals surface area contributed by atoms with Gasteiger partial charge in [-0.3, -0.25) is 0 Å². The van der Waals surface area contributed by atoms with Gasteiger partial charge in [-0.15, -0.1) is 0 Å². The van der Waals surface area contributed by atoms with Gasteiger partial charge < -0.3 is 19.8 Å². The van der Waals surface area contributed by atoms with Gasteiger partial charge in [0.15, 0.2) is 0 Å². The molecule has 1 fully saturated rings. The number of hydrogen-bond donors (Lipinski definition) is 2. The molecular formula is C16H25NO3. The SMILES string of the molecule is COc1cccc([C@@]2(O)C[C@@H](O)CC[C@@H]2CN(C)C)c1. The quantitative estimate of drug-likeness (QED) is 0.879. The highest BCUT2D eigenvalue weighted by molar-refractivity contribution is 5.33. The number of methoxy groups -OCH3 is 1. The van der Waals surface area contributed by atoms with Crippen molar-refractivity contribution in [2.45, 2.75) is 31.0 Å². The Morgan fingerprint density at radius 1 is 1.35 bits per heavy atom. The van der Waals surface area contributed by atoms with Gasteiger partial charge in [0.25, 0.3) is 0 Å². The van der Waals surface area contributed by atoms with E-state index in [1.54, 1.807) is 7.11 Å². The Labute approximate surface area is 121 Å². The zero-order chi connectivity index (χ0) is 14.8. The zero-order valence-corrected chi connectivity index (χ0v) is 12.5. The van der Waals surface area contributed by atoms with Crippen molar-refractivity contribution in [1.29, 1.82) is 0 Å². The van der Waals surface area contributed by atoms with Crippen molar-refractivity contribution in [3.05, 3.63) is 29.8 Å². The molecule has 112 valence electrons. The number of benzene rings is 1. The maximum atomic E-state index is 11.2. The monoisotopic (exact) mass is 279 g/mol. The second kappa shape index (κ2) is 6.12. The summed E-state index contributed by atoms with van der Waals surface area (Å²) < 4.78 is 5.25. The van der Waals surface area contributed by atoms with E-state index in [9.17, 15) is 10.2 Å². The number of rotatable bonds is 4. The van der Waals surface area contributed by atoms with Gasteiger partial charge in [-0.25, -0.2) is 0 Å². The van der Waals surface area contributed by atoms with Crippen molar-refractivity contribution in [2.24, 2.45) is 5.92 Å². The summed E-state index contributed by atoms with van der Waals surface area (Å²) in [6.07, 6.45) is 1.53. The molecule has 4 heteroatoms. The van der Waals surface area contributed by atoms with Crippen LogP contribution in [0.2, 0.25) is 0 Å². The average Bonchev–Trinajstić information content (AvgIpc) is 2.42. The molecule has 1 aromatic carbocycles. The standard InChI is InChI=1S/C16H25NO3/c1-17(2)11-13-7-8-14(18)10-16(13,19)12-5-4-6-15(9-12)20-3/h4-6,9,13-14,18-19H,7-8,10-11H2,1-3H3/t13-,14+,16+/m1/s1. The average molecular weight is 279 g/mol. The fourth-order valence-electron chi connectivity index (χ4n) is 3.19. The minimum Gasteiger partial charge on any atom is -0.497 e. The molecule has 20 heavy (non-hydrogen) atoms. The van der Waals surface area contributed by atoms with E-state index in [0.29, 0.717) is 6.42 Å². The van der Waals surface area contributed by atoms with Gasteiger partial charge in [0.2, 0.25) is 0 Å². The van der Waals surface area contributed by atoms with Crippen LogP contribution >= 0.6 is 0 Å². The predicted molar refractivity (Wildman–Crippen MR) is 78.8 cm³/mol. The Morgan fingerprint density at radius 2 is 2.10 bits per heavy atom. The van der Waals surface area contributed by atoms with Crippen LogP contribution in [-0.4, -0.2) is 49.0 Å². The lowest BCUT2D eigenvalue weighted by Gasteiger charge is -2.43. The maximum Gasteiger partial charge on any atom is 0.119 e. The van der Waals surface area contributed by atoms with Crippen molar-refractivity contribution in [2.75, 3.05) is 27.7 Å². The molecular weight excluding hydrogens is 254 g/mol. The van der Waals surface area contributed by atoms with Crippen LogP contribution in [0.4, 0.5) is 0 Å². The molecule has 0 bridgehead atoms. The second-order valence-electron chi connectivity index (χ2n) is 6.05. The molecule has 1 saturated carbocycles. The molecule has 0 radical (unpaired) electrons. The van der Waals surface area contributed by atoms with E-state index in [1.807, 2.05) is 38.4 Å². The molecule has 2 N–H and O–H groups in total. The third-order valence-corrected chi connectivity index (χ3v) is 4.23. The van der Waals surface area contributed by atoms with Gasteiger partial charge in [0.05, 0.1) is 18.8 Å². The first kappa shape index (κ1) is 15.3. The van der Waals surface area contributed by atoms with E-state index < -0.39 is 11.7 Å². The van der Waals surface area contributed by atoms with Gasteiger partial charge in [-0.2, -0.15) is 0 Å². The Balaban J connectivity index is 2.34. The molecule has 1 aliphatic rings. The first-order chi connectivity index (χ1) is 9.45. The highest BCUT2D eigenvalue weighted by Gasteiger charge is 2.43. The Hall–Kier alpha value is -1.10. The summed E-state index contributed by atoms with van der Waals surface area (Å²) in [5, 5.41) is 21.2. The van der Waals surface area contributed by atoms with Crippen LogP contribution in [0.5, 0.6) is 5.75 Å². The molecule has 1 aromatic rings. The van der Waals surface area contributed by atoms with Crippen molar-refractivity contribution in [3.8, 4) is 5.75 Å². The minimum absolute atomic E-state index is 0.119. The zero-order valence-electron chi connectivity index (χ0n) is 12.5. The molecule has 1 aliphatic carbocycles. The molecule has 0 unspecified atom stereocenters. The fraction of sp³-hybridized carbons (Fsp3) is 0.625. The van der Waals surface area contributed by atoms with Crippen LogP contribution in [0.15, 0.2) is 24.3 Å². The van der Waals surface area contributed by atoms with Gasteiger partial charge in [0.1, 0.15) is 5.75 Å². The third-order valence-electron chi connectivity index (χ3n) is 4.23. The van der Waals surface area contributed by atoms with Crippen LogP contribution in [0.25, 0.3) is 0 Å². The lowest BCUT2D eigenvalue weighted by Crippen LogP contribution is -2.46. The maximum absolute atomic E-state index is 11.2. The molecule has 2 rings (SSSR count). The Kier molecular flexibility index (Phi) is 4.68. The van der Waals surface area contributed by atoms with Gasteiger partial charge >= 0.3 is 0 Å². The lowest BCUT2D eigenvalue weighted by atomic mass is 9.70. The number of nitrogens with zero attached hydrogens (tertiary/aromatic N) is 1. The Morgan fingerprint density at radius 3 is 2.75 bits per heavy atom. The van der Waals surface area contributed by atoms with E-state index in [1.165, 1.54) is 0 Å². The highest BCUT2D eigenvalue weighted by atomic mass is 16.5. The first-order valence-electron chi connectivity index (χ1n) is 7.15. The molecule has 0 spiro atoms. The summed E-state index contributed by atoms with van der Waals surface area (Å²) in [4.78, 5) is 2.09. The van der Waals surface area contributed by atoms with Gasteiger partial charge in [-0.05, 0) is 44.6 Å². The van der Waals surface area contributed by atoms with E-state index in [4.69, 9.17) is 4.74 Å². The summed E-state index contributed by atoms with van der Waals surface area (Å²) >= 11 is 0. The molecule has 0 heterocycles. The fourth-order valence-corrected chi connectivity index (χ4v) is 3.19. The van der Waals surface area contributed by atoms with Crippen molar-refractivity contribution in [3.63, 3.8) is 0 Å². The van der Waals surface area contributed by atoms with Crippen molar-refractivity contribution < 1.29 is 14.9 Å². The predicted octanol–water partition coefficient (Wildman–Crippen LogP) is 1.61. The summed E-state index contributed by atoms with van der Waals surface area (Å²) in [5.74, 6) is 0.854. The molecule has 0 aromatic heterocycles. The van der Waals surface area contributed by atoms with E-state index >= 15 is 0 Å². The first-order valence-corrected chi connectivity index (χ1v) is 7.15. The molecule has 4 nitrogen and oxygen atoms in total. The lowest BCUT2D eigenvalue weighted by molar-refractivity contribution is -0.0992. The van der Waals surface area contributed by atoms with Crippen molar-refractivity contribution in [1.82, 2.24) is 4.90 Å². The number of aliphatic hydroxyl groups is 2. The summed E-state index contributed by atoms with van der Waals surface area (Å²) in [7, 11) is 5.64. The van der Waals surface area contributed by atoms with E-state index in [0.717, 1.165) is 30.7 Å². The molecule has 0 aliphatic heterocycles. The van der Waals surface area contributed by atoms with Gasteiger partial charge in [0, 0.05) is 18.9 Å². The number of ether oxygens (including phenoxy) is 1. The Bertz CT molecular complexity index is 449. The van der Waals surface area contributed by atoms with E-state index in [2.05, 4.69) is 4.90 Å². The summed E-state index contributed by atoms with van der Waals surface area (Å²) in [6.45, 7) is 0.806. The molecule has 0 amide bonds. The highest BCUT2D eigenvalue weighted by Crippen LogP contribution is 2.42. The van der Waals surface area contributed by atoms with Crippen LogP contribution < -0.4 is 4.74 Å². The van der Waals surface area contributed by atoms with Crippen LogP contribution in [0, 0.1) is 5.92 Å². The van der Waals surface area contributed by atoms with Crippen LogP contribution in [0.1, 0.15) is 24.8 Å². The minimum atomic E-state index is -0.990. The third kappa shape index (κ3) is 3.14. The molecule has 0 saturated heterocycles. The van der Waals surface area contributed by atoms with Crippen LogP contribution in [-0.2, 0) is 5.60 Å². The summed E-state index contributed by atoms with van der Waals surface area (Å²) in [5.41, 5.74) is -0.154. The topological polar surface area (TPSA) is 52.9 Å². The van der Waals surface area contributed by atoms with E-state index in [-0.39, 0.29) is 5.92 Å². The largest absolute Gasteiger partial charge is 0.497 e. The number of aliphatic hydroxyl groups excluding tert-OH is 1. The molecule has 3 atom stereocenters. The van der Waals surface area contributed by atoms with Crippen molar-refractivity contribution >= 4 is 0 Å². The second-order valence-corrected chi connectivity index (χ2v) is 6.05. The summed E-state index contributed by atoms with van der Waals surface area (Å²) in [6, 6.07) is 7.55. The van der Waals surface area contributed by atoms with Crippen LogP contribution in [0.3, 0.4) is 0 Å². The normalized spacial score (nSPS) is 30.5. The number of hydrogen-bond acceptors (Lipinski definition) is 4. The smallest absolute Gasteiger partial charge is 0.119 e.